The molecule has 0 atom stereocenters. The fourth-order valence-corrected chi connectivity index (χ4v) is 2.43. The Morgan fingerprint density at radius 2 is 1.83 bits per heavy atom. The Kier molecular flexibility index (Phi) is 4.93. The number of nitrogens with one attached hydrogen (secondary N) is 2. The van der Waals surface area contributed by atoms with Crippen LogP contribution in [0, 0.1) is 5.92 Å². The first-order valence-electron chi connectivity index (χ1n) is 8.29. The van der Waals surface area contributed by atoms with E-state index in [2.05, 4.69) is 20.8 Å². The molecule has 1 heterocycles. The summed E-state index contributed by atoms with van der Waals surface area (Å²) in [5.41, 5.74) is 0.826. The van der Waals surface area contributed by atoms with Crippen LogP contribution in [-0.2, 0) is 4.79 Å². The van der Waals surface area contributed by atoms with E-state index in [4.69, 9.17) is 4.74 Å². The summed E-state index contributed by atoms with van der Waals surface area (Å²) in [6.07, 6.45) is 3.14. The van der Waals surface area contributed by atoms with E-state index >= 15 is 0 Å². The van der Waals surface area contributed by atoms with Crippen LogP contribution in [0.15, 0.2) is 36.4 Å². The van der Waals surface area contributed by atoms with E-state index in [-0.39, 0.29) is 17.9 Å². The molecule has 0 saturated heterocycles. The zero-order valence-electron chi connectivity index (χ0n) is 14.0. The van der Waals surface area contributed by atoms with E-state index in [9.17, 15) is 4.79 Å². The number of ether oxygens (including phenoxy) is 1. The Morgan fingerprint density at radius 1 is 1.12 bits per heavy atom. The van der Waals surface area contributed by atoms with Crippen LogP contribution in [0.2, 0.25) is 0 Å². The van der Waals surface area contributed by atoms with Crippen LogP contribution in [0.25, 0.3) is 0 Å². The van der Waals surface area contributed by atoms with Gasteiger partial charge < -0.3 is 15.4 Å². The van der Waals surface area contributed by atoms with Crippen LogP contribution >= 0.6 is 0 Å². The van der Waals surface area contributed by atoms with Gasteiger partial charge in [-0.05, 0) is 51.0 Å². The van der Waals surface area contributed by atoms with Crippen molar-refractivity contribution in [2.45, 2.75) is 39.2 Å². The predicted molar refractivity (Wildman–Crippen MR) is 93.5 cm³/mol. The molecule has 24 heavy (non-hydrogen) atoms. The molecule has 126 valence electrons. The second-order valence-electron chi connectivity index (χ2n) is 6.21. The first-order valence-corrected chi connectivity index (χ1v) is 8.29. The van der Waals surface area contributed by atoms with E-state index in [0.717, 1.165) is 30.7 Å². The molecule has 0 spiro atoms. The van der Waals surface area contributed by atoms with Crippen molar-refractivity contribution in [3.63, 3.8) is 0 Å². The average molecular weight is 326 g/mol. The minimum Gasteiger partial charge on any atom is -0.489 e. The third-order valence-electron chi connectivity index (χ3n) is 3.90. The van der Waals surface area contributed by atoms with Crippen molar-refractivity contribution in [3.8, 4) is 5.75 Å². The number of para-hydroxylation sites is 2. The van der Waals surface area contributed by atoms with Gasteiger partial charge in [-0.2, -0.15) is 0 Å². The lowest BCUT2D eigenvalue weighted by Gasteiger charge is -2.23. The van der Waals surface area contributed by atoms with Gasteiger partial charge in [0.05, 0.1) is 11.8 Å². The largest absolute Gasteiger partial charge is 0.489 e. The lowest BCUT2D eigenvalue weighted by Crippen LogP contribution is -2.28. The fourth-order valence-electron chi connectivity index (χ4n) is 2.43. The molecule has 3 rings (SSSR count). The molecule has 2 aromatic rings. The highest BCUT2D eigenvalue weighted by atomic mass is 16.5. The molecule has 0 radical (unpaired) electrons. The number of nitrogens with zero attached hydrogens (tertiary/aromatic N) is 2. The van der Waals surface area contributed by atoms with Crippen molar-refractivity contribution in [1.29, 1.82) is 0 Å². The Labute approximate surface area is 141 Å². The second-order valence-corrected chi connectivity index (χ2v) is 6.21. The van der Waals surface area contributed by atoms with Gasteiger partial charge in [-0.25, -0.2) is 0 Å². The molecule has 1 amide bonds. The van der Waals surface area contributed by atoms with Gasteiger partial charge in [-0.3, -0.25) is 4.79 Å². The van der Waals surface area contributed by atoms with E-state index < -0.39 is 0 Å². The zero-order chi connectivity index (χ0) is 16.9. The van der Waals surface area contributed by atoms with Gasteiger partial charge in [0, 0.05) is 5.92 Å². The van der Waals surface area contributed by atoms with Crippen molar-refractivity contribution < 1.29 is 9.53 Å². The third-order valence-corrected chi connectivity index (χ3v) is 3.90. The lowest BCUT2D eigenvalue weighted by molar-refractivity contribution is -0.122. The van der Waals surface area contributed by atoms with E-state index in [1.54, 1.807) is 12.1 Å². The summed E-state index contributed by atoms with van der Waals surface area (Å²) in [4.78, 5) is 11.9. The number of carbonyl (C=O) groups excluding carboxylic acids is 1. The molecule has 6 heteroatoms. The standard InChI is InChI=1S/C18H22N4O2/c1-12(2)24-15-9-4-3-8-14(15)19-16-10-11-17(22-21-16)20-18(23)13-6-5-7-13/h3-4,8-13H,5-7H2,1-2H3,(H,19,21)(H,20,22,23). The first kappa shape index (κ1) is 16.2. The number of rotatable bonds is 6. The maximum atomic E-state index is 11.9. The van der Waals surface area contributed by atoms with Crippen molar-refractivity contribution in [3.05, 3.63) is 36.4 Å². The molecule has 1 aliphatic rings. The topological polar surface area (TPSA) is 76.1 Å². The Bertz CT molecular complexity index is 696. The number of hydrogen-bond donors (Lipinski definition) is 2. The average Bonchev–Trinajstić information content (AvgIpc) is 2.49. The Balaban J connectivity index is 1.65. The number of amides is 1. The highest BCUT2D eigenvalue weighted by molar-refractivity contribution is 5.92. The smallest absolute Gasteiger partial charge is 0.228 e. The van der Waals surface area contributed by atoms with Gasteiger partial charge in [-0.15, -0.1) is 10.2 Å². The minimum absolute atomic E-state index is 0.0342. The number of hydrogen-bond acceptors (Lipinski definition) is 5. The molecule has 1 aromatic carbocycles. The summed E-state index contributed by atoms with van der Waals surface area (Å²) in [6.45, 7) is 3.96. The zero-order valence-corrected chi connectivity index (χ0v) is 14.0. The normalized spacial score (nSPS) is 14.1. The van der Waals surface area contributed by atoms with E-state index in [1.165, 1.54) is 0 Å². The summed E-state index contributed by atoms with van der Waals surface area (Å²) in [5, 5.41) is 14.2. The van der Waals surface area contributed by atoms with Gasteiger partial charge in [0.15, 0.2) is 11.6 Å². The molecular weight excluding hydrogens is 304 g/mol. The predicted octanol–water partition coefficient (Wildman–Crippen LogP) is 3.75. The molecular formula is C18H22N4O2. The molecule has 2 N–H and O–H groups in total. The summed E-state index contributed by atoms with van der Waals surface area (Å²) >= 11 is 0. The number of carbonyl (C=O) groups is 1. The quantitative estimate of drug-likeness (QED) is 0.845. The minimum atomic E-state index is 0.0342. The SMILES string of the molecule is CC(C)Oc1ccccc1Nc1ccc(NC(=O)C2CCC2)nn1. The molecule has 0 aliphatic heterocycles. The fraction of sp³-hybridized carbons (Fsp3) is 0.389. The number of aromatic nitrogens is 2. The van der Waals surface area contributed by atoms with Gasteiger partial charge in [0.1, 0.15) is 5.75 Å². The molecule has 1 aromatic heterocycles. The summed E-state index contributed by atoms with van der Waals surface area (Å²) in [7, 11) is 0. The van der Waals surface area contributed by atoms with Crippen LogP contribution in [-0.4, -0.2) is 22.2 Å². The van der Waals surface area contributed by atoms with E-state index in [1.807, 2.05) is 38.1 Å². The van der Waals surface area contributed by atoms with Crippen LogP contribution in [0.5, 0.6) is 5.75 Å². The van der Waals surface area contributed by atoms with E-state index in [0.29, 0.717) is 11.6 Å². The van der Waals surface area contributed by atoms with Gasteiger partial charge >= 0.3 is 0 Å². The molecule has 0 unspecified atom stereocenters. The maximum Gasteiger partial charge on any atom is 0.228 e. The van der Waals surface area contributed by atoms with Crippen molar-refractivity contribution in [2.75, 3.05) is 10.6 Å². The van der Waals surface area contributed by atoms with Gasteiger partial charge in [0.25, 0.3) is 0 Å². The summed E-state index contributed by atoms with van der Waals surface area (Å²) < 4.78 is 5.77. The Hall–Kier alpha value is -2.63. The monoisotopic (exact) mass is 326 g/mol. The van der Waals surface area contributed by atoms with Gasteiger partial charge in [0.2, 0.25) is 5.91 Å². The van der Waals surface area contributed by atoms with Crippen LogP contribution in [0.1, 0.15) is 33.1 Å². The highest BCUT2D eigenvalue weighted by Crippen LogP contribution is 2.28. The third kappa shape index (κ3) is 4.01. The molecule has 1 saturated carbocycles. The van der Waals surface area contributed by atoms with Crippen LogP contribution < -0.4 is 15.4 Å². The second kappa shape index (κ2) is 7.29. The number of benzene rings is 1. The molecule has 1 fully saturated rings. The van der Waals surface area contributed by atoms with Crippen LogP contribution in [0.4, 0.5) is 17.3 Å². The van der Waals surface area contributed by atoms with Crippen molar-refractivity contribution in [2.24, 2.45) is 5.92 Å². The highest BCUT2D eigenvalue weighted by Gasteiger charge is 2.25. The van der Waals surface area contributed by atoms with Crippen LogP contribution in [0.3, 0.4) is 0 Å². The van der Waals surface area contributed by atoms with Crippen molar-refractivity contribution in [1.82, 2.24) is 10.2 Å². The Morgan fingerprint density at radius 3 is 2.46 bits per heavy atom. The van der Waals surface area contributed by atoms with Gasteiger partial charge in [-0.1, -0.05) is 18.6 Å². The molecule has 6 nitrogen and oxygen atoms in total. The maximum absolute atomic E-state index is 11.9. The van der Waals surface area contributed by atoms with Crippen molar-refractivity contribution >= 4 is 23.2 Å². The summed E-state index contributed by atoms with van der Waals surface area (Å²) in [6, 6.07) is 11.2. The molecule has 0 bridgehead atoms. The first-order chi connectivity index (χ1) is 11.6. The lowest BCUT2D eigenvalue weighted by atomic mass is 9.85. The summed E-state index contributed by atoms with van der Waals surface area (Å²) in [5.74, 6) is 1.99. The number of anilines is 3. The molecule has 1 aliphatic carbocycles.